The molecule has 5 heteroatoms. The fraction of sp³-hybridized carbons (Fsp3) is 0.667. The molecule has 1 aliphatic rings. The Hall–Kier alpha value is -1.36. The zero-order valence-electron chi connectivity index (χ0n) is 10.7. The summed E-state index contributed by atoms with van der Waals surface area (Å²) in [7, 11) is 0. The maximum atomic E-state index is 12.1. The van der Waals surface area contributed by atoms with Gasteiger partial charge in [0.25, 0.3) is 5.91 Å². The van der Waals surface area contributed by atoms with E-state index < -0.39 is 0 Å². The standard InChI is InChI=1S/C12H20N4O/c1-4-16-11(5-9(3)15-16)12(17)14-10-7-13-6-8(10)2/h5,8,10,13H,4,6-7H2,1-3H3,(H,14,17). The minimum atomic E-state index is -0.0204. The number of rotatable bonds is 3. The van der Waals surface area contributed by atoms with Crippen molar-refractivity contribution in [2.75, 3.05) is 13.1 Å². The Morgan fingerprint density at radius 3 is 3.00 bits per heavy atom. The van der Waals surface area contributed by atoms with E-state index in [9.17, 15) is 4.79 Å². The minimum absolute atomic E-state index is 0.0204. The smallest absolute Gasteiger partial charge is 0.269 e. The van der Waals surface area contributed by atoms with Crippen LogP contribution in [0.3, 0.4) is 0 Å². The molecule has 0 aliphatic carbocycles. The number of carbonyl (C=O) groups is 1. The van der Waals surface area contributed by atoms with Crippen LogP contribution in [0.2, 0.25) is 0 Å². The molecule has 0 aromatic carbocycles. The molecule has 5 nitrogen and oxygen atoms in total. The number of carbonyl (C=O) groups excluding carboxylic acids is 1. The third-order valence-corrected chi connectivity index (χ3v) is 3.27. The fourth-order valence-corrected chi connectivity index (χ4v) is 2.21. The van der Waals surface area contributed by atoms with Crippen LogP contribution in [0.4, 0.5) is 0 Å². The molecule has 1 saturated heterocycles. The first-order valence-electron chi connectivity index (χ1n) is 6.17. The Morgan fingerprint density at radius 2 is 2.41 bits per heavy atom. The fourth-order valence-electron chi connectivity index (χ4n) is 2.21. The van der Waals surface area contributed by atoms with Crippen LogP contribution in [0.25, 0.3) is 0 Å². The molecule has 1 aliphatic heterocycles. The number of aryl methyl sites for hydroxylation is 2. The minimum Gasteiger partial charge on any atom is -0.346 e. The van der Waals surface area contributed by atoms with Crippen LogP contribution in [0.5, 0.6) is 0 Å². The molecule has 0 saturated carbocycles. The van der Waals surface area contributed by atoms with Crippen LogP contribution in [-0.2, 0) is 6.54 Å². The van der Waals surface area contributed by atoms with Crippen molar-refractivity contribution in [3.8, 4) is 0 Å². The van der Waals surface area contributed by atoms with Gasteiger partial charge in [-0.2, -0.15) is 5.10 Å². The van der Waals surface area contributed by atoms with Crippen LogP contribution in [0.1, 0.15) is 30.0 Å². The number of nitrogens with one attached hydrogen (secondary N) is 2. The quantitative estimate of drug-likeness (QED) is 0.805. The van der Waals surface area contributed by atoms with Crippen LogP contribution in [0, 0.1) is 12.8 Å². The van der Waals surface area contributed by atoms with Crippen LogP contribution < -0.4 is 10.6 Å². The van der Waals surface area contributed by atoms with Crippen molar-refractivity contribution in [1.82, 2.24) is 20.4 Å². The molecule has 1 amide bonds. The zero-order valence-corrected chi connectivity index (χ0v) is 10.7. The lowest BCUT2D eigenvalue weighted by molar-refractivity contribution is 0.0922. The van der Waals surface area contributed by atoms with Crippen LogP contribution in [-0.4, -0.2) is 34.8 Å². The van der Waals surface area contributed by atoms with Gasteiger partial charge in [-0.1, -0.05) is 6.92 Å². The summed E-state index contributed by atoms with van der Waals surface area (Å²) in [5.74, 6) is 0.464. The topological polar surface area (TPSA) is 59.0 Å². The molecule has 2 N–H and O–H groups in total. The highest BCUT2D eigenvalue weighted by molar-refractivity contribution is 5.92. The van der Waals surface area contributed by atoms with E-state index in [1.54, 1.807) is 4.68 Å². The molecule has 2 atom stereocenters. The lowest BCUT2D eigenvalue weighted by atomic mass is 10.1. The second-order valence-corrected chi connectivity index (χ2v) is 4.70. The van der Waals surface area contributed by atoms with Gasteiger partial charge in [-0.25, -0.2) is 0 Å². The summed E-state index contributed by atoms with van der Waals surface area (Å²) < 4.78 is 1.75. The highest BCUT2D eigenvalue weighted by Gasteiger charge is 2.25. The van der Waals surface area contributed by atoms with Gasteiger partial charge in [0.2, 0.25) is 0 Å². The number of aromatic nitrogens is 2. The molecule has 17 heavy (non-hydrogen) atoms. The molecule has 94 valence electrons. The van der Waals surface area contributed by atoms with Crippen molar-refractivity contribution in [2.45, 2.75) is 33.4 Å². The third-order valence-electron chi connectivity index (χ3n) is 3.27. The van der Waals surface area contributed by atoms with Gasteiger partial charge in [0.1, 0.15) is 5.69 Å². The van der Waals surface area contributed by atoms with Crippen LogP contribution in [0.15, 0.2) is 6.07 Å². The maximum absolute atomic E-state index is 12.1. The second kappa shape index (κ2) is 4.87. The van der Waals surface area contributed by atoms with Gasteiger partial charge in [-0.05, 0) is 32.4 Å². The number of nitrogens with zero attached hydrogens (tertiary/aromatic N) is 2. The lowest BCUT2D eigenvalue weighted by Gasteiger charge is -2.16. The van der Waals surface area contributed by atoms with E-state index in [1.165, 1.54) is 0 Å². The molecule has 0 radical (unpaired) electrons. The van der Waals surface area contributed by atoms with E-state index >= 15 is 0 Å². The predicted molar refractivity (Wildman–Crippen MR) is 65.9 cm³/mol. The zero-order chi connectivity index (χ0) is 12.4. The van der Waals surface area contributed by atoms with Gasteiger partial charge in [-0.3, -0.25) is 9.48 Å². The summed E-state index contributed by atoms with van der Waals surface area (Å²) in [6, 6.07) is 2.06. The highest BCUT2D eigenvalue weighted by atomic mass is 16.2. The number of hydrogen-bond acceptors (Lipinski definition) is 3. The second-order valence-electron chi connectivity index (χ2n) is 4.70. The molecular weight excluding hydrogens is 216 g/mol. The van der Waals surface area contributed by atoms with E-state index in [0.29, 0.717) is 11.6 Å². The van der Waals surface area contributed by atoms with E-state index in [0.717, 1.165) is 25.3 Å². The summed E-state index contributed by atoms with van der Waals surface area (Å²) in [6.45, 7) is 8.58. The monoisotopic (exact) mass is 236 g/mol. The lowest BCUT2D eigenvalue weighted by Crippen LogP contribution is -2.40. The van der Waals surface area contributed by atoms with Gasteiger partial charge in [0.15, 0.2) is 0 Å². The molecule has 1 aromatic rings. The van der Waals surface area contributed by atoms with Crippen molar-refractivity contribution < 1.29 is 4.79 Å². The Bertz CT molecular complexity index is 413. The molecule has 0 bridgehead atoms. The number of amides is 1. The summed E-state index contributed by atoms with van der Waals surface area (Å²) in [5, 5.41) is 10.6. The Balaban J connectivity index is 2.08. The van der Waals surface area contributed by atoms with Crippen molar-refractivity contribution >= 4 is 5.91 Å². The summed E-state index contributed by atoms with van der Waals surface area (Å²) in [6.07, 6.45) is 0. The molecule has 2 heterocycles. The average molecular weight is 236 g/mol. The van der Waals surface area contributed by atoms with Gasteiger partial charge in [0.05, 0.1) is 5.69 Å². The van der Waals surface area contributed by atoms with Gasteiger partial charge < -0.3 is 10.6 Å². The third kappa shape index (κ3) is 2.49. The van der Waals surface area contributed by atoms with Crippen molar-refractivity contribution in [3.05, 3.63) is 17.5 Å². The Kier molecular flexibility index (Phi) is 3.47. The van der Waals surface area contributed by atoms with E-state index in [2.05, 4.69) is 22.7 Å². The number of hydrogen-bond donors (Lipinski definition) is 2. The normalized spacial score (nSPS) is 23.9. The Morgan fingerprint density at radius 1 is 1.65 bits per heavy atom. The molecule has 2 unspecified atom stereocenters. The largest absolute Gasteiger partial charge is 0.346 e. The molecule has 2 rings (SSSR count). The van der Waals surface area contributed by atoms with Gasteiger partial charge >= 0.3 is 0 Å². The highest BCUT2D eigenvalue weighted by Crippen LogP contribution is 2.10. The summed E-state index contributed by atoms with van der Waals surface area (Å²) >= 11 is 0. The van der Waals surface area contributed by atoms with Crippen molar-refractivity contribution in [1.29, 1.82) is 0 Å². The maximum Gasteiger partial charge on any atom is 0.269 e. The molecule has 1 aromatic heterocycles. The van der Waals surface area contributed by atoms with Crippen LogP contribution >= 0.6 is 0 Å². The first kappa shape index (κ1) is 12.1. The Labute approximate surface area is 102 Å². The van der Waals surface area contributed by atoms with Crippen molar-refractivity contribution in [3.63, 3.8) is 0 Å². The van der Waals surface area contributed by atoms with E-state index in [-0.39, 0.29) is 11.9 Å². The molecule has 0 spiro atoms. The van der Waals surface area contributed by atoms with E-state index in [1.807, 2.05) is 19.9 Å². The van der Waals surface area contributed by atoms with Crippen molar-refractivity contribution in [2.24, 2.45) is 5.92 Å². The average Bonchev–Trinajstić information content (AvgIpc) is 2.85. The van der Waals surface area contributed by atoms with Gasteiger partial charge in [0, 0.05) is 19.1 Å². The summed E-state index contributed by atoms with van der Waals surface area (Å²) in [5.41, 5.74) is 1.54. The summed E-state index contributed by atoms with van der Waals surface area (Å²) in [4.78, 5) is 12.1. The first-order chi connectivity index (χ1) is 8.11. The van der Waals surface area contributed by atoms with Gasteiger partial charge in [-0.15, -0.1) is 0 Å². The first-order valence-corrected chi connectivity index (χ1v) is 6.17. The predicted octanol–water partition coefficient (Wildman–Crippen LogP) is 0.549. The SMILES string of the molecule is CCn1nc(C)cc1C(=O)NC1CNCC1C. The van der Waals surface area contributed by atoms with E-state index in [4.69, 9.17) is 0 Å². The molecular formula is C12H20N4O. The molecule has 1 fully saturated rings.